The molecule has 0 spiro atoms. The Bertz CT molecular complexity index is 723. The third-order valence-electron chi connectivity index (χ3n) is 3.93. The van der Waals surface area contributed by atoms with Crippen molar-refractivity contribution in [2.45, 2.75) is 13.3 Å². The number of para-hydroxylation sites is 1. The van der Waals surface area contributed by atoms with Crippen LogP contribution in [0.1, 0.15) is 13.3 Å². The number of halogens is 1. The fraction of sp³-hybridized carbons (Fsp3) is 0.300. The fourth-order valence-electron chi connectivity index (χ4n) is 2.54. The summed E-state index contributed by atoms with van der Waals surface area (Å²) in [5, 5.41) is 7.81. The third kappa shape index (κ3) is 7.35. The summed E-state index contributed by atoms with van der Waals surface area (Å²) < 4.78 is 12.8. The number of hydrogen-bond donors (Lipinski definition) is 3. The molecule has 0 fully saturated rings. The molecule has 3 N–H and O–H groups in total. The van der Waals surface area contributed by atoms with Crippen LogP contribution in [0.5, 0.6) is 0 Å². The van der Waals surface area contributed by atoms with Gasteiger partial charge in [-0.15, -0.1) is 0 Å². The summed E-state index contributed by atoms with van der Waals surface area (Å²) >= 11 is 0. The molecule has 7 heteroatoms. The molecule has 0 unspecified atom stereocenters. The fourth-order valence-corrected chi connectivity index (χ4v) is 2.54. The molecule has 2 rings (SSSR count). The Kier molecular flexibility index (Phi) is 8.09. The average Bonchev–Trinajstić information content (AvgIpc) is 2.69. The largest absolute Gasteiger partial charge is 0.372 e. The Labute approximate surface area is 158 Å². The topological polar surface area (TPSA) is 73.5 Å². The second kappa shape index (κ2) is 10.8. The number of benzene rings is 2. The highest BCUT2D eigenvalue weighted by molar-refractivity contribution is 5.94. The maximum Gasteiger partial charge on any atom is 0.315 e. The number of nitrogens with zero attached hydrogens (tertiary/aromatic N) is 1. The SMILES string of the molecule is CCN(CCCNC(=O)NCC(=O)Nc1ccc(F)cc1)c1ccccc1. The van der Waals surface area contributed by atoms with Crippen molar-refractivity contribution in [3.63, 3.8) is 0 Å². The van der Waals surface area contributed by atoms with Gasteiger partial charge in [0.05, 0.1) is 6.54 Å². The van der Waals surface area contributed by atoms with E-state index in [2.05, 4.69) is 39.9 Å². The van der Waals surface area contributed by atoms with Crippen molar-refractivity contribution in [2.75, 3.05) is 36.4 Å². The number of nitrogens with one attached hydrogen (secondary N) is 3. The van der Waals surface area contributed by atoms with Gasteiger partial charge < -0.3 is 20.9 Å². The maximum absolute atomic E-state index is 12.8. The lowest BCUT2D eigenvalue weighted by atomic mass is 10.2. The second-order valence-corrected chi connectivity index (χ2v) is 5.93. The van der Waals surface area contributed by atoms with Gasteiger partial charge in [0.1, 0.15) is 5.82 Å². The van der Waals surface area contributed by atoms with Crippen LogP contribution in [0, 0.1) is 5.82 Å². The first-order chi connectivity index (χ1) is 13.1. The molecule has 2 aromatic carbocycles. The number of urea groups is 1. The van der Waals surface area contributed by atoms with Crippen LogP contribution in [-0.4, -0.2) is 38.1 Å². The standard InChI is InChI=1S/C20H25FN4O2/c1-2-25(18-7-4-3-5-8-18)14-6-13-22-20(27)23-15-19(26)24-17-11-9-16(21)10-12-17/h3-5,7-12H,2,6,13-15H2,1H3,(H,24,26)(H2,22,23,27). The van der Waals surface area contributed by atoms with Crippen LogP contribution in [0.25, 0.3) is 0 Å². The molecule has 0 radical (unpaired) electrons. The summed E-state index contributed by atoms with van der Waals surface area (Å²) in [6.07, 6.45) is 0.790. The number of amides is 3. The van der Waals surface area contributed by atoms with Gasteiger partial charge in [0.25, 0.3) is 0 Å². The van der Waals surface area contributed by atoms with Gasteiger partial charge in [0.2, 0.25) is 5.91 Å². The summed E-state index contributed by atoms with van der Waals surface area (Å²) in [4.78, 5) is 25.8. The van der Waals surface area contributed by atoms with Gasteiger partial charge in [-0.1, -0.05) is 18.2 Å². The van der Waals surface area contributed by atoms with Gasteiger partial charge in [0.15, 0.2) is 0 Å². The zero-order valence-corrected chi connectivity index (χ0v) is 15.4. The number of hydrogen-bond acceptors (Lipinski definition) is 3. The van der Waals surface area contributed by atoms with Crippen molar-refractivity contribution in [1.29, 1.82) is 0 Å². The normalized spacial score (nSPS) is 10.1. The van der Waals surface area contributed by atoms with Crippen molar-refractivity contribution >= 4 is 23.3 Å². The van der Waals surface area contributed by atoms with E-state index in [1.165, 1.54) is 24.3 Å². The quantitative estimate of drug-likeness (QED) is 0.593. The second-order valence-electron chi connectivity index (χ2n) is 5.93. The van der Waals surface area contributed by atoms with E-state index in [1.54, 1.807) is 0 Å². The van der Waals surface area contributed by atoms with E-state index in [0.29, 0.717) is 12.2 Å². The third-order valence-corrected chi connectivity index (χ3v) is 3.93. The Morgan fingerprint density at radius 1 is 1.00 bits per heavy atom. The maximum atomic E-state index is 12.8. The molecule has 0 atom stereocenters. The summed E-state index contributed by atoms with van der Waals surface area (Å²) in [5.41, 5.74) is 1.63. The first-order valence-corrected chi connectivity index (χ1v) is 8.95. The Hall–Kier alpha value is -3.09. The minimum absolute atomic E-state index is 0.158. The molecule has 144 valence electrons. The average molecular weight is 372 g/mol. The van der Waals surface area contributed by atoms with Gasteiger partial charge >= 0.3 is 6.03 Å². The zero-order valence-electron chi connectivity index (χ0n) is 15.4. The van der Waals surface area contributed by atoms with Gasteiger partial charge in [-0.2, -0.15) is 0 Å². The van der Waals surface area contributed by atoms with Crippen LogP contribution in [0.2, 0.25) is 0 Å². The molecule has 0 bridgehead atoms. The number of anilines is 2. The molecule has 27 heavy (non-hydrogen) atoms. The highest BCUT2D eigenvalue weighted by Crippen LogP contribution is 2.12. The molecule has 0 heterocycles. The molecule has 2 aromatic rings. The Morgan fingerprint density at radius 2 is 1.70 bits per heavy atom. The molecular weight excluding hydrogens is 347 g/mol. The van der Waals surface area contributed by atoms with Crippen LogP contribution >= 0.6 is 0 Å². The van der Waals surface area contributed by atoms with E-state index in [0.717, 1.165) is 25.2 Å². The van der Waals surface area contributed by atoms with E-state index in [1.807, 2.05) is 18.2 Å². The molecule has 0 saturated carbocycles. The minimum atomic E-state index is -0.396. The number of carbonyl (C=O) groups excluding carboxylic acids is 2. The zero-order chi connectivity index (χ0) is 19.5. The van der Waals surface area contributed by atoms with Crippen LogP contribution in [0.3, 0.4) is 0 Å². The van der Waals surface area contributed by atoms with E-state index in [9.17, 15) is 14.0 Å². The van der Waals surface area contributed by atoms with Crippen molar-refractivity contribution in [3.8, 4) is 0 Å². The minimum Gasteiger partial charge on any atom is -0.372 e. The Morgan fingerprint density at radius 3 is 2.37 bits per heavy atom. The van der Waals surface area contributed by atoms with Crippen molar-refractivity contribution in [3.05, 3.63) is 60.4 Å². The lowest BCUT2D eigenvalue weighted by Crippen LogP contribution is -2.41. The van der Waals surface area contributed by atoms with Gasteiger partial charge in [-0.05, 0) is 49.7 Å². The predicted octanol–water partition coefficient (Wildman–Crippen LogP) is 2.98. The van der Waals surface area contributed by atoms with E-state index in [-0.39, 0.29) is 18.3 Å². The molecule has 0 aliphatic carbocycles. The summed E-state index contributed by atoms with van der Waals surface area (Å²) in [7, 11) is 0. The van der Waals surface area contributed by atoms with Crippen LogP contribution in [0.15, 0.2) is 54.6 Å². The monoisotopic (exact) mass is 372 g/mol. The lowest BCUT2D eigenvalue weighted by Gasteiger charge is -2.23. The summed E-state index contributed by atoms with van der Waals surface area (Å²) in [5.74, 6) is -0.752. The Balaban J connectivity index is 1.61. The van der Waals surface area contributed by atoms with Gasteiger partial charge in [-0.25, -0.2) is 9.18 Å². The molecule has 0 aliphatic rings. The first kappa shape index (κ1) is 20.2. The van der Waals surface area contributed by atoms with Gasteiger partial charge in [-0.3, -0.25) is 4.79 Å². The van der Waals surface area contributed by atoms with E-state index >= 15 is 0 Å². The van der Waals surface area contributed by atoms with Crippen molar-refractivity contribution in [1.82, 2.24) is 10.6 Å². The number of carbonyl (C=O) groups is 2. The van der Waals surface area contributed by atoms with Gasteiger partial charge in [0, 0.05) is 31.0 Å². The smallest absolute Gasteiger partial charge is 0.315 e. The molecule has 3 amide bonds. The summed E-state index contributed by atoms with van der Waals surface area (Å²) in [6.45, 7) is 4.15. The number of rotatable bonds is 9. The van der Waals surface area contributed by atoms with E-state index < -0.39 is 6.03 Å². The molecule has 0 aromatic heterocycles. The van der Waals surface area contributed by atoms with E-state index in [4.69, 9.17) is 0 Å². The lowest BCUT2D eigenvalue weighted by molar-refractivity contribution is -0.115. The van der Waals surface area contributed by atoms with Crippen molar-refractivity contribution in [2.24, 2.45) is 0 Å². The predicted molar refractivity (Wildman–Crippen MR) is 105 cm³/mol. The highest BCUT2D eigenvalue weighted by atomic mass is 19.1. The summed E-state index contributed by atoms with van der Waals surface area (Å²) in [6, 6.07) is 15.1. The first-order valence-electron chi connectivity index (χ1n) is 8.95. The van der Waals surface area contributed by atoms with Crippen LogP contribution < -0.4 is 20.9 Å². The molecule has 6 nitrogen and oxygen atoms in total. The molecule has 0 aliphatic heterocycles. The molecule has 0 saturated heterocycles. The highest BCUT2D eigenvalue weighted by Gasteiger charge is 2.07. The van der Waals surface area contributed by atoms with Crippen LogP contribution in [-0.2, 0) is 4.79 Å². The van der Waals surface area contributed by atoms with Crippen LogP contribution in [0.4, 0.5) is 20.6 Å². The molecular formula is C20H25FN4O2. The van der Waals surface area contributed by atoms with Crippen molar-refractivity contribution < 1.29 is 14.0 Å².